The van der Waals surface area contributed by atoms with Crippen LogP contribution in [0.2, 0.25) is 10.0 Å². The van der Waals surface area contributed by atoms with Crippen molar-refractivity contribution < 1.29 is 24.1 Å². The van der Waals surface area contributed by atoms with Crippen LogP contribution in [-0.4, -0.2) is 38.6 Å². The Hall–Kier alpha value is -3.75. The Morgan fingerprint density at radius 1 is 1.03 bits per heavy atom. The Kier molecular flexibility index (Phi) is 9.68. The first kappa shape index (κ1) is 28.3. The lowest BCUT2D eigenvalue weighted by Gasteiger charge is -2.15. The zero-order valence-electron chi connectivity index (χ0n) is 21.6. The molecule has 0 unspecified atom stereocenters. The molecule has 204 valence electrons. The van der Waals surface area contributed by atoms with Gasteiger partial charge in [-0.3, -0.25) is 9.48 Å². The molecule has 8 nitrogen and oxygen atoms in total. The topological polar surface area (TPSA) is 95.7 Å². The summed E-state index contributed by atoms with van der Waals surface area (Å²) in [5.74, 6) is 0.603. The second-order valence-electron chi connectivity index (χ2n) is 9.12. The Labute approximate surface area is 237 Å². The molecule has 0 amide bonds. The summed E-state index contributed by atoms with van der Waals surface area (Å²) < 4.78 is 19.4. The highest BCUT2D eigenvalue weighted by Gasteiger charge is 2.16. The van der Waals surface area contributed by atoms with Gasteiger partial charge in [0.25, 0.3) is 0 Å². The fraction of sp³-hybridized carbons (Fsp3) is 0.276. The molecule has 2 aromatic carbocycles. The fourth-order valence-electron chi connectivity index (χ4n) is 3.83. The lowest BCUT2D eigenvalue weighted by molar-refractivity contribution is -0.136. The average molecular weight is 570 g/mol. The van der Waals surface area contributed by atoms with Crippen molar-refractivity contribution >= 4 is 29.2 Å². The van der Waals surface area contributed by atoms with Gasteiger partial charge in [0, 0.05) is 28.4 Å². The Morgan fingerprint density at radius 2 is 1.82 bits per heavy atom. The van der Waals surface area contributed by atoms with Crippen molar-refractivity contribution in [2.24, 2.45) is 0 Å². The molecule has 4 rings (SSSR count). The first-order valence-corrected chi connectivity index (χ1v) is 13.3. The number of ether oxygens (including phenoxy) is 3. The van der Waals surface area contributed by atoms with Gasteiger partial charge in [0.05, 0.1) is 30.7 Å². The van der Waals surface area contributed by atoms with Gasteiger partial charge >= 0.3 is 5.97 Å². The minimum Gasteiger partial charge on any atom is -0.481 e. The highest BCUT2D eigenvalue weighted by molar-refractivity contribution is 6.35. The Morgan fingerprint density at radius 3 is 2.54 bits per heavy atom. The van der Waals surface area contributed by atoms with Crippen molar-refractivity contribution in [2.75, 3.05) is 6.61 Å². The number of carboxylic acid groups (broad SMARTS) is 1. The second-order valence-corrected chi connectivity index (χ2v) is 9.97. The molecule has 0 spiro atoms. The fourth-order valence-corrected chi connectivity index (χ4v) is 4.28. The van der Waals surface area contributed by atoms with E-state index in [0.29, 0.717) is 65.0 Å². The maximum atomic E-state index is 11.4. The van der Waals surface area contributed by atoms with E-state index in [1.807, 2.05) is 50.2 Å². The maximum absolute atomic E-state index is 11.4. The summed E-state index contributed by atoms with van der Waals surface area (Å²) in [5.41, 5.74) is 2.41. The molecule has 0 aliphatic heterocycles. The molecule has 10 heteroatoms. The third-order valence-corrected chi connectivity index (χ3v) is 6.06. The van der Waals surface area contributed by atoms with E-state index in [2.05, 4.69) is 10.1 Å². The summed E-state index contributed by atoms with van der Waals surface area (Å²) in [6, 6.07) is 18.5. The van der Waals surface area contributed by atoms with Crippen molar-refractivity contribution in [3.05, 3.63) is 93.6 Å². The standard InChI is InChI=1S/C29H29Cl2N3O5/c1-19(2)38-26-13-10-21(28(32-26)39-25-12-11-23(30)16-24(25)31)9-6-14-37-29-22(15-27(35)36)18-34(33-29)17-20-7-4-3-5-8-20/h3-5,7-8,10-13,16,18-19H,6,9,14-15,17H2,1-2H3,(H,35,36). The summed E-state index contributed by atoms with van der Waals surface area (Å²) >= 11 is 12.3. The number of aryl methyl sites for hydroxylation is 1. The van der Waals surface area contributed by atoms with Crippen molar-refractivity contribution in [3.63, 3.8) is 0 Å². The van der Waals surface area contributed by atoms with Gasteiger partial charge in [-0.05, 0) is 56.5 Å². The summed E-state index contributed by atoms with van der Waals surface area (Å²) in [5, 5.41) is 14.7. The van der Waals surface area contributed by atoms with Crippen LogP contribution >= 0.6 is 23.2 Å². The summed E-state index contributed by atoms with van der Waals surface area (Å²) in [6.07, 6.45) is 2.68. The van der Waals surface area contributed by atoms with Gasteiger partial charge in [0.2, 0.25) is 17.6 Å². The smallest absolute Gasteiger partial charge is 0.308 e. The van der Waals surface area contributed by atoms with E-state index in [-0.39, 0.29) is 12.5 Å². The monoisotopic (exact) mass is 569 g/mol. The molecular weight excluding hydrogens is 541 g/mol. The number of rotatable bonds is 13. The molecule has 0 radical (unpaired) electrons. The molecule has 0 saturated heterocycles. The normalized spacial score (nSPS) is 11.0. The van der Waals surface area contributed by atoms with Crippen LogP contribution in [0.5, 0.6) is 23.4 Å². The van der Waals surface area contributed by atoms with E-state index in [4.69, 9.17) is 37.4 Å². The van der Waals surface area contributed by atoms with Crippen molar-refractivity contribution in [2.45, 2.75) is 45.8 Å². The third-order valence-electron chi connectivity index (χ3n) is 5.53. The van der Waals surface area contributed by atoms with Gasteiger partial charge in [-0.2, -0.15) is 4.98 Å². The van der Waals surface area contributed by atoms with Crippen molar-refractivity contribution in [1.82, 2.24) is 14.8 Å². The number of benzene rings is 2. The summed E-state index contributed by atoms with van der Waals surface area (Å²) in [6.45, 7) is 4.67. The predicted octanol–water partition coefficient (Wildman–Crippen LogP) is 6.85. The predicted molar refractivity (Wildman–Crippen MR) is 149 cm³/mol. The van der Waals surface area contributed by atoms with Gasteiger partial charge < -0.3 is 19.3 Å². The van der Waals surface area contributed by atoms with Crippen molar-refractivity contribution in [3.8, 4) is 23.4 Å². The number of hydrogen-bond donors (Lipinski definition) is 1. The average Bonchev–Trinajstić information content (AvgIpc) is 3.24. The van der Waals surface area contributed by atoms with Crippen LogP contribution in [0.3, 0.4) is 0 Å². The summed E-state index contributed by atoms with van der Waals surface area (Å²) in [7, 11) is 0. The Bertz CT molecular complexity index is 1410. The largest absolute Gasteiger partial charge is 0.481 e. The molecule has 0 bridgehead atoms. The molecular formula is C29H29Cl2N3O5. The molecule has 0 aliphatic carbocycles. The minimum atomic E-state index is -0.948. The number of carboxylic acids is 1. The summed E-state index contributed by atoms with van der Waals surface area (Å²) in [4.78, 5) is 15.9. The van der Waals surface area contributed by atoms with Crippen LogP contribution in [0, 0.1) is 0 Å². The van der Waals surface area contributed by atoms with Gasteiger partial charge in [0.15, 0.2) is 0 Å². The van der Waals surface area contributed by atoms with Crippen LogP contribution < -0.4 is 14.2 Å². The van der Waals surface area contributed by atoms with Crippen molar-refractivity contribution in [1.29, 1.82) is 0 Å². The first-order valence-electron chi connectivity index (χ1n) is 12.5. The van der Waals surface area contributed by atoms with E-state index in [1.54, 1.807) is 35.1 Å². The molecule has 0 fully saturated rings. The van der Waals surface area contributed by atoms with Crippen LogP contribution in [0.15, 0.2) is 66.9 Å². The zero-order chi connectivity index (χ0) is 27.8. The number of hydrogen-bond acceptors (Lipinski definition) is 6. The molecule has 0 aliphatic rings. The van der Waals surface area contributed by atoms with Gasteiger partial charge in [0.1, 0.15) is 5.75 Å². The highest BCUT2D eigenvalue weighted by Crippen LogP contribution is 2.33. The number of pyridine rings is 1. The zero-order valence-corrected chi connectivity index (χ0v) is 23.2. The molecule has 2 aromatic heterocycles. The van der Waals surface area contributed by atoms with E-state index >= 15 is 0 Å². The SMILES string of the molecule is CC(C)Oc1ccc(CCCOc2nn(Cc3ccccc3)cc2CC(=O)O)c(Oc2ccc(Cl)cc2Cl)n1. The maximum Gasteiger partial charge on any atom is 0.308 e. The van der Waals surface area contributed by atoms with E-state index in [9.17, 15) is 9.90 Å². The van der Waals surface area contributed by atoms with Gasteiger partial charge in [-0.15, -0.1) is 5.10 Å². The van der Waals surface area contributed by atoms with Crippen LogP contribution in [0.1, 0.15) is 37.0 Å². The second kappa shape index (κ2) is 13.4. The molecule has 0 atom stereocenters. The molecule has 1 N–H and O–H groups in total. The van der Waals surface area contributed by atoms with Crippen LogP contribution in [-0.2, 0) is 24.2 Å². The van der Waals surface area contributed by atoms with Crippen LogP contribution in [0.4, 0.5) is 0 Å². The van der Waals surface area contributed by atoms with E-state index in [1.165, 1.54) is 0 Å². The van der Waals surface area contributed by atoms with E-state index in [0.717, 1.165) is 11.1 Å². The molecule has 0 saturated carbocycles. The number of aromatic nitrogens is 3. The lowest BCUT2D eigenvalue weighted by atomic mass is 10.1. The molecule has 4 aromatic rings. The first-order chi connectivity index (χ1) is 18.8. The lowest BCUT2D eigenvalue weighted by Crippen LogP contribution is -2.08. The number of halogens is 2. The minimum absolute atomic E-state index is 0.0505. The third kappa shape index (κ3) is 8.37. The molecule has 39 heavy (non-hydrogen) atoms. The number of aliphatic carboxylic acids is 1. The highest BCUT2D eigenvalue weighted by atomic mass is 35.5. The Balaban J connectivity index is 1.44. The van der Waals surface area contributed by atoms with Gasteiger partial charge in [-0.25, -0.2) is 0 Å². The van der Waals surface area contributed by atoms with Crippen LogP contribution in [0.25, 0.3) is 0 Å². The van der Waals surface area contributed by atoms with Gasteiger partial charge in [-0.1, -0.05) is 53.5 Å². The number of nitrogens with zero attached hydrogens (tertiary/aromatic N) is 3. The van der Waals surface area contributed by atoms with E-state index < -0.39 is 5.97 Å². The molecule has 2 heterocycles. The number of carbonyl (C=O) groups is 1. The quantitative estimate of drug-likeness (QED) is 0.176.